The van der Waals surface area contributed by atoms with Gasteiger partial charge in [0, 0.05) is 35.5 Å². The number of amides is 1. The van der Waals surface area contributed by atoms with Crippen LogP contribution in [0.3, 0.4) is 0 Å². The van der Waals surface area contributed by atoms with Crippen LogP contribution in [0.4, 0.5) is 5.69 Å². The van der Waals surface area contributed by atoms with Crippen LogP contribution in [0.5, 0.6) is 0 Å². The molecule has 7 nitrogen and oxygen atoms in total. The molecule has 1 amide bonds. The van der Waals surface area contributed by atoms with Crippen molar-refractivity contribution in [3.8, 4) is 22.4 Å². The van der Waals surface area contributed by atoms with E-state index < -0.39 is 25.6 Å². The van der Waals surface area contributed by atoms with Crippen molar-refractivity contribution < 1.29 is 21.6 Å². The van der Waals surface area contributed by atoms with Crippen LogP contribution in [0, 0.1) is 6.92 Å². The van der Waals surface area contributed by atoms with Gasteiger partial charge in [-0.25, -0.2) is 16.8 Å². The molecule has 0 saturated carbocycles. The van der Waals surface area contributed by atoms with Gasteiger partial charge in [0.15, 0.2) is 19.7 Å². The monoisotopic (exact) mass is 554 g/mol. The third kappa shape index (κ3) is 6.07. The average Bonchev–Trinajstić information content (AvgIpc) is 2.84. The Morgan fingerprint density at radius 1 is 0.811 bits per heavy atom. The summed E-state index contributed by atoms with van der Waals surface area (Å²) in [6, 6.07) is 19.2. The number of sulfone groups is 2. The summed E-state index contributed by atoms with van der Waals surface area (Å²) in [5.74, 6) is -0.508. The standard InChI is InChI=1S/C27H23ClN2O5S2/c1-17-12-18(14-21(13-17)37(3,34)35)23-16-20(36(2,32)33)8-9-22(23)27(31)30-19-7-10-25(28)24(15-19)26-6-4-5-11-29-26/h4-16H,1-3H3,(H,30,31). The van der Waals surface area contributed by atoms with Crippen LogP contribution in [-0.2, 0) is 19.7 Å². The zero-order chi connectivity index (χ0) is 27.0. The van der Waals surface area contributed by atoms with E-state index in [0.29, 0.717) is 33.1 Å². The second-order valence-corrected chi connectivity index (χ2v) is 13.1. The molecule has 0 saturated heterocycles. The van der Waals surface area contributed by atoms with Gasteiger partial charge in [-0.15, -0.1) is 0 Å². The number of carbonyl (C=O) groups is 1. The second kappa shape index (κ2) is 10.1. The van der Waals surface area contributed by atoms with Gasteiger partial charge in [-0.2, -0.15) is 0 Å². The summed E-state index contributed by atoms with van der Waals surface area (Å²) in [6.45, 7) is 1.73. The summed E-state index contributed by atoms with van der Waals surface area (Å²) in [5, 5.41) is 3.29. The van der Waals surface area contributed by atoms with E-state index in [1.807, 2.05) is 6.07 Å². The highest BCUT2D eigenvalue weighted by Crippen LogP contribution is 2.32. The van der Waals surface area contributed by atoms with E-state index >= 15 is 0 Å². The third-order valence-corrected chi connectivity index (χ3v) is 8.15. The van der Waals surface area contributed by atoms with Crippen molar-refractivity contribution in [1.82, 2.24) is 4.98 Å². The van der Waals surface area contributed by atoms with E-state index in [-0.39, 0.29) is 20.9 Å². The molecule has 0 atom stereocenters. The number of hydrogen-bond acceptors (Lipinski definition) is 6. The molecule has 0 radical (unpaired) electrons. The van der Waals surface area contributed by atoms with E-state index in [1.165, 1.54) is 30.3 Å². The Balaban J connectivity index is 1.82. The summed E-state index contributed by atoms with van der Waals surface area (Å²) in [4.78, 5) is 17.8. The molecule has 0 aliphatic carbocycles. The fourth-order valence-electron chi connectivity index (χ4n) is 3.83. The molecule has 10 heteroatoms. The minimum absolute atomic E-state index is 0.00499. The van der Waals surface area contributed by atoms with Crippen LogP contribution in [0.2, 0.25) is 5.02 Å². The molecule has 0 unspecified atom stereocenters. The number of nitrogens with zero attached hydrogens (tertiary/aromatic N) is 1. The third-order valence-electron chi connectivity index (χ3n) is 5.62. The first-order chi connectivity index (χ1) is 17.3. The van der Waals surface area contributed by atoms with Crippen molar-refractivity contribution in [3.63, 3.8) is 0 Å². The summed E-state index contributed by atoms with van der Waals surface area (Å²) in [5.41, 5.74) is 3.22. The zero-order valence-corrected chi connectivity index (χ0v) is 22.6. The maximum Gasteiger partial charge on any atom is 0.256 e. The predicted octanol–water partition coefficient (Wildman–Crippen LogP) is 5.44. The predicted molar refractivity (Wildman–Crippen MR) is 145 cm³/mol. The quantitative estimate of drug-likeness (QED) is 0.340. The number of hydrogen-bond donors (Lipinski definition) is 1. The first-order valence-electron chi connectivity index (χ1n) is 11.0. The van der Waals surface area contributed by atoms with Crippen molar-refractivity contribution in [1.29, 1.82) is 0 Å². The van der Waals surface area contributed by atoms with Gasteiger partial charge in [0.25, 0.3) is 5.91 Å². The van der Waals surface area contributed by atoms with Gasteiger partial charge < -0.3 is 5.32 Å². The lowest BCUT2D eigenvalue weighted by Crippen LogP contribution is -2.14. The van der Waals surface area contributed by atoms with Crippen LogP contribution in [-0.4, -0.2) is 40.2 Å². The van der Waals surface area contributed by atoms with Crippen LogP contribution in [0.1, 0.15) is 15.9 Å². The molecule has 0 aliphatic rings. The number of carbonyl (C=O) groups excluding carboxylic acids is 1. The summed E-state index contributed by atoms with van der Waals surface area (Å²) in [6.07, 6.45) is 3.79. The molecular formula is C27H23ClN2O5S2. The highest BCUT2D eigenvalue weighted by Gasteiger charge is 2.20. The topological polar surface area (TPSA) is 110 Å². The maximum absolute atomic E-state index is 13.4. The van der Waals surface area contributed by atoms with Gasteiger partial charge in [0.05, 0.1) is 20.5 Å². The lowest BCUT2D eigenvalue weighted by Gasteiger charge is -2.14. The van der Waals surface area contributed by atoms with Crippen molar-refractivity contribution in [2.45, 2.75) is 16.7 Å². The number of nitrogens with one attached hydrogen (secondary N) is 1. The van der Waals surface area contributed by atoms with Crippen molar-refractivity contribution >= 4 is 42.9 Å². The number of aromatic nitrogens is 1. The molecule has 4 rings (SSSR count). The molecule has 1 heterocycles. The molecule has 0 aliphatic heterocycles. The maximum atomic E-state index is 13.4. The molecule has 0 spiro atoms. The van der Waals surface area contributed by atoms with Gasteiger partial charge in [0.1, 0.15) is 0 Å². The van der Waals surface area contributed by atoms with Crippen molar-refractivity contribution in [3.05, 3.63) is 95.1 Å². The number of benzene rings is 3. The number of pyridine rings is 1. The molecule has 37 heavy (non-hydrogen) atoms. The molecule has 190 valence electrons. The number of rotatable bonds is 6. The highest BCUT2D eigenvalue weighted by atomic mass is 35.5. The van der Waals surface area contributed by atoms with E-state index in [4.69, 9.17) is 11.6 Å². The Bertz CT molecular complexity index is 1740. The Hall–Kier alpha value is -3.53. The molecule has 0 fully saturated rings. The summed E-state index contributed by atoms with van der Waals surface area (Å²) < 4.78 is 49.0. The van der Waals surface area contributed by atoms with E-state index in [0.717, 1.165) is 12.5 Å². The average molecular weight is 555 g/mol. The SMILES string of the molecule is Cc1cc(-c2cc(S(C)(=O)=O)ccc2C(=O)Nc2ccc(Cl)c(-c3ccccn3)c2)cc(S(C)(=O)=O)c1. The normalized spacial score (nSPS) is 11.8. The zero-order valence-electron chi connectivity index (χ0n) is 20.2. The fraction of sp³-hybridized carbons (Fsp3) is 0.111. The molecule has 0 bridgehead atoms. The Labute approximate surface area is 221 Å². The van der Waals surface area contributed by atoms with Crippen LogP contribution in [0.15, 0.2) is 88.8 Å². The smallest absolute Gasteiger partial charge is 0.256 e. The van der Waals surface area contributed by atoms with Gasteiger partial charge in [-0.1, -0.05) is 23.7 Å². The van der Waals surface area contributed by atoms with Gasteiger partial charge >= 0.3 is 0 Å². The number of anilines is 1. The lowest BCUT2D eigenvalue weighted by atomic mass is 9.97. The molecular weight excluding hydrogens is 532 g/mol. The van der Waals surface area contributed by atoms with Crippen LogP contribution < -0.4 is 5.32 Å². The highest BCUT2D eigenvalue weighted by molar-refractivity contribution is 7.91. The number of aryl methyl sites for hydroxylation is 1. The first-order valence-corrected chi connectivity index (χ1v) is 15.2. The summed E-state index contributed by atoms with van der Waals surface area (Å²) >= 11 is 6.36. The second-order valence-electron chi connectivity index (χ2n) is 8.65. The van der Waals surface area contributed by atoms with Crippen LogP contribution >= 0.6 is 11.6 Å². The van der Waals surface area contributed by atoms with Crippen molar-refractivity contribution in [2.75, 3.05) is 17.8 Å². The van der Waals surface area contributed by atoms with Gasteiger partial charge in [-0.3, -0.25) is 9.78 Å². The van der Waals surface area contributed by atoms with E-state index in [2.05, 4.69) is 10.3 Å². The Morgan fingerprint density at radius 2 is 1.54 bits per heavy atom. The molecule has 4 aromatic rings. The number of halogens is 1. The van der Waals surface area contributed by atoms with Crippen molar-refractivity contribution in [2.24, 2.45) is 0 Å². The summed E-state index contributed by atoms with van der Waals surface area (Å²) in [7, 11) is -7.14. The molecule has 1 N–H and O–H groups in total. The van der Waals surface area contributed by atoms with Gasteiger partial charge in [-0.05, 0) is 84.3 Å². The first kappa shape index (κ1) is 26.5. The minimum Gasteiger partial charge on any atom is -0.322 e. The van der Waals surface area contributed by atoms with Gasteiger partial charge in [0.2, 0.25) is 0 Å². The molecule has 3 aromatic carbocycles. The minimum atomic E-state index is -3.60. The lowest BCUT2D eigenvalue weighted by molar-refractivity contribution is 0.102. The Kier molecular flexibility index (Phi) is 7.23. The largest absolute Gasteiger partial charge is 0.322 e. The van der Waals surface area contributed by atoms with E-state index in [9.17, 15) is 21.6 Å². The molecule has 1 aromatic heterocycles. The van der Waals surface area contributed by atoms with Crippen LogP contribution in [0.25, 0.3) is 22.4 Å². The van der Waals surface area contributed by atoms with E-state index in [1.54, 1.807) is 49.5 Å². The fourth-order valence-corrected chi connectivity index (χ4v) is 5.43. The Morgan fingerprint density at radius 3 is 2.19 bits per heavy atom.